The van der Waals surface area contributed by atoms with E-state index in [1.807, 2.05) is 4.90 Å². The first kappa shape index (κ1) is 31.8. The number of nitrogens with one attached hydrogen (secondary N) is 1. The van der Waals surface area contributed by atoms with Crippen LogP contribution in [0.2, 0.25) is 0 Å². The van der Waals surface area contributed by atoms with Crippen LogP contribution in [0.1, 0.15) is 68.2 Å². The van der Waals surface area contributed by atoms with E-state index in [4.69, 9.17) is 9.72 Å². The van der Waals surface area contributed by atoms with Gasteiger partial charge in [0.05, 0.1) is 23.6 Å². The summed E-state index contributed by atoms with van der Waals surface area (Å²) in [6.45, 7) is 10.5. The maximum atomic E-state index is 14.5. The molecule has 4 heterocycles. The van der Waals surface area contributed by atoms with Gasteiger partial charge in [0.25, 0.3) is 15.9 Å². The third kappa shape index (κ3) is 6.18. The standard InChI is InChI=1S/C28H40FN7O4P2S/c1-17-15-26(4,5)35(16-17)24-20(25(37)33-43(38,39)23-18(2)31-34(6)19(23)3)7-8-21(30-24)36-13-9-22(32-36)40-14-12-27(10-11-27)28(29,41)42/h7-9,13,17H,10-12,14-16,41-42H2,1-6H3,(H,33,37)/t17-/m0/s1. The number of rotatable bonds is 10. The van der Waals surface area contributed by atoms with Crippen LogP contribution < -0.4 is 14.4 Å². The maximum Gasteiger partial charge on any atom is 0.268 e. The summed E-state index contributed by atoms with van der Waals surface area (Å²) >= 11 is 0. The van der Waals surface area contributed by atoms with Gasteiger partial charge in [-0.05, 0) is 71.4 Å². The predicted molar refractivity (Wildman–Crippen MR) is 169 cm³/mol. The molecular formula is C28H40FN7O4P2S. The van der Waals surface area contributed by atoms with Gasteiger partial charge in [0, 0.05) is 36.8 Å². The van der Waals surface area contributed by atoms with E-state index < -0.39 is 26.5 Å². The average molecular weight is 652 g/mol. The van der Waals surface area contributed by atoms with Crippen LogP contribution in [-0.2, 0) is 17.1 Å². The minimum atomic E-state index is -4.20. The first-order valence-electron chi connectivity index (χ1n) is 14.3. The monoisotopic (exact) mass is 651 g/mol. The van der Waals surface area contributed by atoms with Gasteiger partial charge in [0.15, 0.2) is 5.82 Å². The van der Waals surface area contributed by atoms with Gasteiger partial charge < -0.3 is 9.64 Å². The molecule has 0 radical (unpaired) electrons. The second-order valence-electron chi connectivity index (χ2n) is 12.6. The molecule has 1 saturated heterocycles. The topological polar surface area (TPSA) is 124 Å². The highest BCUT2D eigenvalue weighted by atomic mass is 32.2. The first-order chi connectivity index (χ1) is 19.9. The normalized spacial score (nSPS) is 19.5. The van der Waals surface area contributed by atoms with Crippen LogP contribution in [0.3, 0.4) is 0 Å². The van der Waals surface area contributed by atoms with Crippen LogP contribution in [0.15, 0.2) is 29.3 Å². The third-order valence-corrected chi connectivity index (χ3v) is 11.5. The Bertz CT molecular complexity index is 1660. The molecule has 1 aliphatic carbocycles. The van der Waals surface area contributed by atoms with E-state index in [9.17, 15) is 17.6 Å². The summed E-state index contributed by atoms with van der Waals surface area (Å²) in [4.78, 5) is 20.5. The average Bonchev–Trinajstić information content (AvgIpc) is 3.34. The molecule has 1 aliphatic heterocycles. The van der Waals surface area contributed by atoms with Gasteiger partial charge in [0.2, 0.25) is 5.88 Å². The molecular weight excluding hydrogens is 611 g/mol. The Morgan fingerprint density at radius 2 is 1.91 bits per heavy atom. The lowest BCUT2D eigenvalue weighted by atomic mass is 9.97. The molecule has 234 valence electrons. The fourth-order valence-corrected chi connectivity index (χ4v) is 8.39. The molecule has 1 N–H and O–H groups in total. The lowest BCUT2D eigenvalue weighted by Gasteiger charge is -2.34. The summed E-state index contributed by atoms with van der Waals surface area (Å²) in [5.74, 6) is 0.744. The number of aromatic nitrogens is 5. The lowest BCUT2D eigenvalue weighted by molar-refractivity contribution is 0.0981. The molecule has 15 heteroatoms. The first-order valence-corrected chi connectivity index (χ1v) is 16.9. The molecule has 2 aliphatic rings. The van der Waals surface area contributed by atoms with E-state index in [-0.39, 0.29) is 16.0 Å². The van der Waals surface area contributed by atoms with Crippen molar-refractivity contribution >= 4 is 40.2 Å². The van der Waals surface area contributed by atoms with E-state index >= 15 is 0 Å². The summed E-state index contributed by atoms with van der Waals surface area (Å²) in [5, 5.41) is 7.27. The molecule has 0 bridgehead atoms. The van der Waals surface area contributed by atoms with Crippen molar-refractivity contribution in [1.82, 2.24) is 29.3 Å². The van der Waals surface area contributed by atoms with Gasteiger partial charge in [-0.1, -0.05) is 25.4 Å². The van der Waals surface area contributed by atoms with E-state index in [0.717, 1.165) is 19.3 Å². The van der Waals surface area contributed by atoms with Crippen molar-refractivity contribution in [1.29, 1.82) is 0 Å². The van der Waals surface area contributed by atoms with Crippen LogP contribution in [0.25, 0.3) is 5.82 Å². The number of amides is 1. The van der Waals surface area contributed by atoms with Crippen molar-refractivity contribution in [2.75, 3.05) is 18.1 Å². The molecule has 0 aromatic carbocycles. The fraction of sp³-hybridized carbons (Fsp3) is 0.571. The smallest absolute Gasteiger partial charge is 0.268 e. The summed E-state index contributed by atoms with van der Waals surface area (Å²) in [7, 11) is 1.99. The Kier molecular flexibility index (Phi) is 8.19. The van der Waals surface area contributed by atoms with Crippen molar-refractivity contribution in [3.63, 3.8) is 0 Å². The molecule has 3 atom stereocenters. The SMILES string of the molecule is Cc1nn(C)c(C)c1S(=O)(=O)NC(=O)c1ccc(-n2ccc(OCCC3(C(F)(P)P)CC3)n2)nc1N1C[C@@H](C)CC1(C)C. The number of anilines is 1. The Morgan fingerprint density at radius 1 is 1.21 bits per heavy atom. The minimum Gasteiger partial charge on any atom is -0.477 e. The molecule has 5 rings (SSSR count). The van der Waals surface area contributed by atoms with Crippen molar-refractivity contribution in [3.8, 4) is 11.7 Å². The second-order valence-corrected chi connectivity index (χ2v) is 16.5. The van der Waals surface area contributed by atoms with Crippen LogP contribution in [-0.4, -0.2) is 62.7 Å². The van der Waals surface area contributed by atoms with E-state index in [1.54, 1.807) is 50.0 Å². The molecule has 1 saturated carbocycles. The number of carbonyl (C=O) groups is 1. The van der Waals surface area contributed by atoms with Gasteiger partial charge in [-0.15, -0.1) is 5.10 Å². The van der Waals surface area contributed by atoms with Gasteiger partial charge >= 0.3 is 0 Å². The molecule has 2 fully saturated rings. The number of halogens is 1. The number of hydrogen-bond acceptors (Lipinski definition) is 8. The number of carbonyl (C=O) groups excluding carboxylic acids is 1. The Balaban J connectivity index is 1.42. The number of aryl methyl sites for hydroxylation is 2. The summed E-state index contributed by atoms with van der Waals surface area (Å²) in [6, 6.07) is 4.90. The number of sulfonamides is 1. The van der Waals surface area contributed by atoms with Crippen LogP contribution in [0.5, 0.6) is 5.88 Å². The molecule has 43 heavy (non-hydrogen) atoms. The Morgan fingerprint density at radius 3 is 2.47 bits per heavy atom. The highest BCUT2D eigenvalue weighted by Crippen LogP contribution is 2.63. The van der Waals surface area contributed by atoms with Gasteiger partial charge in [-0.25, -0.2) is 27.2 Å². The Labute approximate surface area is 256 Å². The van der Waals surface area contributed by atoms with Gasteiger partial charge in [-0.3, -0.25) is 9.48 Å². The summed E-state index contributed by atoms with van der Waals surface area (Å²) in [5.41, 5.74) is 0.138. The van der Waals surface area contributed by atoms with Gasteiger partial charge in [0.1, 0.15) is 15.9 Å². The number of nitrogens with zero attached hydrogens (tertiary/aromatic N) is 6. The van der Waals surface area contributed by atoms with E-state index in [0.29, 0.717) is 54.4 Å². The van der Waals surface area contributed by atoms with Crippen molar-refractivity contribution in [3.05, 3.63) is 41.3 Å². The number of ether oxygens (including phenoxy) is 1. The zero-order valence-corrected chi connectivity index (χ0v) is 28.5. The third-order valence-electron chi connectivity index (χ3n) is 8.67. The number of alkyl halides is 1. The van der Waals surface area contributed by atoms with Gasteiger partial charge in [-0.2, -0.15) is 5.10 Å². The number of pyridine rings is 1. The molecule has 2 unspecified atom stereocenters. The zero-order valence-electron chi connectivity index (χ0n) is 25.4. The lowest BCUT2D eigenvalue weighted by Crippen LogP contribution is -2.41. The highest BCUT2D eigenvalue weighted by molar-refractivity contribution is 7.90. The second kappa shape index (κ2) is 11.1. The molecule has 11 nitrogen and oxygen atoms in total. The molecule has 1 amide bonds. The minimum absolute atomic E-state index is 0.0196. The quantitative estimate of drug-likeness (QED) is 0.322. The summed E-state index contributed by atoms with van der Waals surface area (Å²) in [6.07, 6.45) is 4.78. The van der Waals surface area contributed by atoms with Crippen molar-refractivity contribution in [2.45, 2.75) is 75.9 Å². The zero-order chi connectivity index (χ0) is 31.5. The summed E-state index contributed by atoms with van der Waals surface area (Å²) < 4.78 is 52.2. The van der Waals surface area contributed by atoms with Crippen LogP contribution in [0.4, 0.5) is 10.2 Å². The van der Waals surface area contributed by atoms with E-state index in [1.165, 1.54) is 4.68 Å². The molecule has 0 spiro atoms. The van der Waals surface area contributed by atoms with E-state index in [2.05, 4.69) is 54.2 Å². The Hall–Kier alpha value is -2.62. The fourth-order valence-electron chi connectivity index (χ4n) is 6.12. The largest absolute Gasteiger partial charge is 0.477 e. The highest BCUT2D eigenvalue weighted by Gasteiger charge is 2.55. The predicted octanol–water partition coefficient (Wildman–Crippen LogP) is 4.28. The van der Waals surface area contributed by atoms with Crippen LogP contribution in [0, 0.1) is 25.2 Å². The van der Waals surface area contributed by atoms with Crippen molar-refractivity contribution < 1.29 is 22.3 Å². The maximum absolute atomic E-state index is 14.5. The molecule has 3 aromatic heterocycles. The van der Waals surface area contributed by atoms with Crippen LogP contribution >= 0.6 is 18.5 Å². The number of hydrogen-bond donors (Lipinski definition) is 1. The van der Waals surface area contributed by atoms with Crippen molar-refractivity contribution in [2.24, 2.45) is 18.4 Å². The molecule has 3 aromatic rings.